The smallest absolute Gasteiger partial charge is 0.181 e. The first kappa shape index (κ1) is 16.5. The summed E-state index contributed by atoms with van der Waals surface area (Å²) in [6.07, 6.45) is 0. The second kappa shape index (κ2) is 5.81. The van der Waals surface area contributed by atoms with Crippen LogP contribution in [0.2, 0.25) is 0 Å². The van der Waals surface area contributed by atoms with E-state index in [4.69, 9.17) is 12.2 Å². The predicted molar refractivity (Wildman–Crippen MR) is 106 cm³/mol. The Balaban J connectivity index is 1.83. The number of sulfone groups is 1. The van der Waals surface area contributed by atoms with Crippen molar-refractivity contribution in [2.75, 3.05) is 21.3 Å². The van der Waals surface area contributed by atoms with Crippen molar-refractivity contribution in [1.29, 1.82) is 0 Å². The summed E-state index contributed by atoms with van der Waals surface area (Å²) in [7, 11) is -3.07. The summed E-state index contributed by atoms with van der Waals surface area (Å²) < 4.78 is 24.7. The summed E-state index contributed by atoms with van der Waals surface area (Å²) in [6, 6.07) is 15.8. The molecule has 2 saturated heterocycles. The first-order chi connectivity index (χ1) is 11.9. The molecule has 0 N–H and O–H groups in total. The molecule has 2 aliphatic heterocycles. The zero-order valence-electron chi connectivity index (χ0n) is 14.2. The van der Waals surface area contributed by atoms with Crippen LogP contribution in [0.4, 0.5) is 11.4 Å². The molecule has 2 aromatic carbocycles. The lowest BCUT2D eigenvalue weighted by molar-refractivity contribution is 0.601. The fraction of sp³-hybridized carbons (Fsp3) is 0.316. The van der Waals surface area contributed by atoms with Crippen molar-refractivity contribution in [2.24, 2.45) is 0 Å². The zero-order chi connectivity index (χ0) is 17.8. The normalized spacial score (nSPS) is 24.6. The van der Waals surface area contributed by atoms with E-state index in [0.717, 1.165) is 22.5 Å². The Morgan fingerprint density at radius 1 is 0.880 bits per heavy atom. The van der Waals surface area contributed by atoms with Gasteiger partial charge in [0.1, 0.15) is 0 Å². The highest BCUT2D eigenvalue weighted by molar-refractivity contribution is 7.91. The van der Waals surface area contributed by atoms with E-state index < -0.39 is 9.84 Å². The summed E-state index contributed by atoms with van der Waals surface area (Å²) in [5.74, 6) is 0.294. The number of hydrogen-bond acceptors (Lipinski definition) is 3. The van der Waals surface area contributed by atoms with Crippen LogP contribution in [0.15, 0.2) is 48.5 Å². The lowest BCUT2D eigenvalue weighted by Crippen LogP contribution is -2.37. The van der Waals surface area contributed by atoms with E-state index in [-0.39, 0.29) is 23.6 Å². The third kappa shape index (κ3) is 2.83. The zero-order valence-corrected chi connectivity index (χ0v) is 15.8. The molecule has 2 fully saturated rings. The van der Waals surface area contributed by atoms with Gasteiger partial charge in [0.05, 0.1) is 23.6 Å². The number of nitrogens with zero attached hydrogens (tertiary/aromatic N) is 2. The van der Waals surface area contributed by atoms with Crippen molar-refractivity contribution in [3.05, 3.63) is 59.7 Å². The molecule has 0 aromatic heterocycles. The molecule has 25 heavy (non-hydrogen) atoms. The molecule has 2 aromatic rings. The quantitative estimate of drug-likeness (QED) is 0.758. The van der Waals surface area contributed by atoms with Crippen molar-refractivity contribution < 1.29 is 8.42 Å². The van der Waals surface area contributed by atoms with Crippen molar-refractivity contribution in [2.45, 2.75) is 25.9 Å². The van der Waals surface area contributed by atoms with E-state index in [1.807, 2.05) is 54.0 Å². The molecule has 0 aliphatic carbocycles. The maximum Gasteiger partial charge on any atom is 0.181 e. The Bertz CT molecular complexity index is 921. The molecular formula is C19H20N2O2S2. The molecule has 0 saturated carbocycles. The number of thiocarbonyl (C=S) groups is 1. The van der Waals surface area contributed by atoms with E-state index in [1.54, 1.807) is 0 Å². The summed E-state index contributed by atoms with van der Waals surface area (Å²) in [6.45, 7) is 4.10. The molecule has 4 rings (SSSR count). The molecule has 0 amide bonds. The monoisotopic (exact) mass is 372 g/mol. The number of anilines is 2. The van der Waals surface area contributed by atoms with Gasteiger partial charge in [-0.15, -0.1) is 0 Å². The molecule has 4 nitrogen and oxygen atoms in total. The highest BCUT2D eigenvalue weighted by atomic mass is 32.2. The lowest BCUT2D eigenvalue weighted by Gasteiger charge is -2.26. The molecule has 2 heterocycles. The summed E-state index contributed by atoms with van der Waals surface area (Å²) in [5.41, 5.74) is 4.22. The predicted octanol–water partition coefficient (Wildman–Crippen LogP) is 3.08. The van der Waals surface area contributed by atoms with Crippen LogP contribution >= 0.6 is 12.2 Å². The fourth-order valence-corrected chi connectivity index (χ4v) is 6.39. The van der Waals surface area contributed by atoms with Gasteiger partial charge in [0.2, 0.25) is 0 Å². The van der Waals surface area contributed by atoms with Gasteiger partial charge in [0, 0.05) is 11.4 Å². The topological polar surface area (TPSA) is 40.6 Å². The first-order valence-electron chi connectivity index (χ1n) is 8.32. The Kier molecular flexibility index (Phi) is 3.85. The largest absolute Gasteiger partial charge is 0.312 e. The van der Waals surface area contributed by atoms with Crippen molar-refractivity contribution >= 4 is 38.5 Å². The van der Waals surface area contributed by atoms with Crippen LogP contribution < -0.4 is 9.80 Å². The maximum atomic E-state index is 12.3. The highest BCUT2D eigenvalue weighted by Crippen LogP contribution is 2.38. The molecule has 6 heteroatoms. The van der Waals surface area contributed by atoms with Crippen LogP contribution in [-0.2, 0) is 9.84 Å². The van der Waals surface area contributed by atoms with Crippen molar-refractivity contribution in [3.63, 3.8) is 0 Å². The van der Waals surface area contributed by atoms with Crippen LogP contribution in [0, 0.1) is 13.8 Å². The Morgan fingerprint density at radius 3 is 1.96 bits per heavy atom. The number of para-hydroxylation sites is 1. The molecule has 0 radical (unpaired) electrons. The van der Waals surface area contributed by atoms with Gasteiger partial charge in [0.15, 0.2) is 14.9 Å². The average molecular weight is 373 g/mol. The molecule has 0 spiro atoms. The number of benzene rings is 2. The third-order valence-electron chi connectivity index (χ3n) is 4.89. The molecule has 2 atom stereocenters. The van der Waals surface area contributed by atoms with E-state index in [1.165, 1.54) is 0 Å². The average Bonchev–Trinajstić information content (AvgIpc) is 2.95. The molecule has 130 valence electrons. The van der Waals surface area contributed by atoms with Crippen molar-refractivity contribution in [3.8, 4) is 0 Å². The molecular weight excluding hydrogens is 352 g/mol. The van der Waals surface area contributed by atoms with E-state index in [2.05, 4.69) is 18.2 Å². The van der Waals surface area contributed by atoms with E-state index in [0.29, 0.717) is 5.11 Å². The fourth-order valence-electron chi connectivity index (χ4n) is 3.99. The van der Waals surface area contributed by atoms with Crippen LogP contribution in [0.5, 0.6) is 0 Å². The third-order valence-corrected chi connectivity index (χ3v) is 6.98. The van der Waals surface area contributed by atoms with Gasteiger partial charge < -0.3 is 9.80 Å². The van der Waals surface area contributed by atoms with Crippen LogP contribution in [0.25, 0.3) is 0 Å². The molecule has 0 bridgehead atoms. The van der Waals surface area contributed by atoms with E-state index in [9.17, 15) is 8.42 Å². The Hall–Kier alpha value is -1.92. The SMILES string of the molecule is Cc1cc(C)cc(N2C(=S)N(c3ccccc3)C3CS(=O)(=O)CC32)c1. The number of aryl methyl sites for hydroxylation is 2. The van der Waals surface area contributed by atoms with Crippen LogP contribution in [0.3, 0.4) is 0 Å². The molecule has 2 unspecified atom stereocenters. The van der Waals surface area contributed by atoms with Crippen molar-refractivity contribution in [1.82, 2.24) is 0 Å². The second-order valence-corrected chi connectivity index (χ2v) is 9.43. The lowest BCUT2D eigenvalue weighted by atomic mass is 10.1. The van der Waals surface area contributed by atoms with Gasteiger partial charge in [-0.3, -0.25) is 0 Å². The van der Waals surface area contributed by atoms with E-state index >= 15 is 0 Å². The minimum absolute atomic E-state index is 0.138. The van der Waals surface area contributed by atoms with Crippen LogP contribution in [0.1, 0.15) is 11.1 Å². The van der Waals surface area contributed by atoms with Gasteiger partial charge in [0.25, 0.3) is 0 Å². The number of rotatable bonds is 2. The van der Waals surface area contributed by atoms with Gasteiger partial charge in [-0.05, 0) is 61.5 Å². The standard InChI is InChI=1S/C19H20N2O2S2/c1-13-8-14(2)10-16(9-13)21-18-12-25(22,23)11-17(18)20(19(21)24)15-6-4-3-5-7-15/h3-10,17-18H,11-12H2,1-2H3. The molecule has 2 aliphatic rings. The number of fused-ring (bicyclic) bond motifs is 1. The summed E-state index contributed by atoms with van der Waals surface area (Å²) in [4.78, 5) is 4.06. The first-order valence-corrected chi connectivity index (χ1v) is 10.5. The Labute approximate surface area is 154 Å². The minimum Gasteiger partial charge on any atom is -0.312 e. The van der Waals surface area contributed by atoms with Gasteiger partial charge in [-0.1, -0.05) is 24.3 Å². The van der Waals surface area contributed by atoms with Gasteiger partial charge >= 0.3 is 0 Å². The van der Waals surface area contributed by atoms with Gasteiger partial charge in [-0.25, -0.2) is 8.42 Å². The second-order valence-electron chi connectivity index (χ2n) is 6.92. The highest BCUT2D eigenvalue weighted by Gasteiger charge is 2.52. The summed E-state index contributed by atoms with van der Waals surface area (Å²) >= 11 is 5.80. The number of hydrogen-bond donors (Lipinski definition) is 0. The van der Waals surface area contributed by atoms with Crippen LogP contribution in [-0.4, -0.2) is 37.1 Å². The Morgan fingerprint density at radius 2 is 1.40 bits per heavy atom. The van der Waals surface area contributed by atoms with Gasteiger partial charge in [-0.2, -0.15) is 0 Å². The summed E-state index contributed by atoms with van der Waals surface area (Å²) in [5, 5.41) is 0.682. The minimum atomic E-state index is -3.07. The maximum absolute atomic E-state index is 12.3.